The fourth-order valence-corrected chi connectivity index (χ4v) is 2.76. The van der Waals surface area contributed by atoms with Gasteiger partial charge in [-0.2, -0.15) is 0 Å². The van der Waals surface area contributed by atoms with Crippen LogP contribution < -0.4 is 10.2 Å². The van der Waals surface area contributed by atoms with Crippen LogP contribution >= 0.6 is 15.9 Å². The zero-order chi connectivity index (χ0) is 15.2. The first kappa shape index (κ1) is 16.1. The molecule has 0 amide bonds. The summed E-state index contributed by atoms with van der Waals surface area (Å²) in [6.07, 6.45) is 1.08. The van der Waals surface area contributed by atoms with Crippen LogP contribution in [0.25, 0.3) is 0 Å². The average molecular weight is 347 g/mol. The van der Waals surface area contributed by atoms with Crippen molar-refractivity contribution in [2.45, 2.75) is 26.8 Å². The summed E-state index contributed by atoms with van der Waals surface area (Å²) < 4.78 is 1.15. The topological polar surface area (TPSA) is 15.3 Å². The van der Waals surface area contributed by atoms with E-state index >= 15 is 0 Å². The van der Waals surface area contributed by atoms with Crippen molar-refractivity contribution in [2.75, 3.05) is 18.5 Å². The summed E-state index contributed by atoms with van der Waals surface area (Å²) in [6.45, 7) is 6.18. The van der Waals surface area contributed by atoms with Crippen LogP contribution in [-0.4, -0.2) is 13.6 Å². The van der Waals surface area contributed by atoms with Gasteiger partial charge < -0.3 is 10.2 Å². The van der Waals surface area contributed by atoms with Crippen molar-refractivity contribution in [1.82, 2.24) is 5.32 Å². The van der Waals surface area contributed by atoms with E-state index in [1.165, 1.54) is 22.5 Å². The van der Waals surface area contributed by atoms with Gasteiger partial charge in [0.15, 0.2) is 0 Å². The molecule has 0 atom stereocenters. The van der Waals surface area contributed by atoms with Crippen LogP contribution in [0.5, 0.6) is 0 Å². The molecule has 0 spiro atoms. The van der Waals surface area contributed by atoms with Crippen LogP contribution in [0.15, 0.2) is 46.9 Å². The molecule has 0 aromatic heterocycles. The summed E-state index contributed by atoms with van der Waals surface area (Å²) in [5.74, 6) is 0. The summed E-state index contributed by atoms with van der Waals surface area (Å²) >= 11 is 3.67. The molecule has 0 bridgehead atoms. The number of rotatable bonds is 6. The van der Waals surface area contributed by atoms with E-state index in [2.05, 4.69) is 89.5 Å². The number of hydrogen-bond acceptors (Lipinski definition) is 2. The first-order valence-corrected chi connectivity index (χ1v) is 8.26. The standard InChI is InChI=1S/C18H23BrN2/c1-4-14-6-9-16(10-7-14)21(3)17-11-8-15(13-20-5-2)18(19)12-17/h6-12,20H,4-5,13H2,1-3H3. The molecule has 2 nitrogen and oxygen atoms in total. The molecule has 21 heavy (non-hydrogen) atoms. The summed E-state index contributed by atoms with van der Waals surface area (Å²) in [6, 6.07) is 15.3. The van der Waals surface area contributed by atoms with Gasteiger partial charge >= 0.3 is 0 Å². The third-order valence-electron chi connectivity index (χ3n) is 3.72. The van der Waals surface area contributed by atoms with Crippen molar-refractivity contribution >= 4 is 27.3 Å². The number of halogens is 1. The average Bonchev–Trinajstić information content (AvgIpc) is 2.53. The monoisotopic (exact) mass is 346 g/mol. The van der Waals surface area contributed by atoms with Crippen LogP contribution in [0.2, 0.25) is 0 Å². The fourth-order valence-electron chi connectivity index (χ4n) is 2.25. The first-order chi connectivity index (χ1) is 10.2. The minimum absolute atomic E-state index is 0.895. The lowest BCUT2D eigenvalue weighted by molar-refractivity contribution is 0.725. The number of benzene rings is 2. The second-order valence-corrected chi connectivity index (χ2v) is 5.99. The van der Waals surface area contributed by atoms with Gasteiger partial charge in [-0.05, 0) is 48.4 Å². The summed E-state index contributed by atoms with van der Waals surface area (Å²) in [7, 11) is 2.10. The number of nitrogens with zero attached hydrogens (tertiary/aromatic N) is 1. The van der Waals surface area contributed by atoms with E-state index in [1.54, 1.807) is 0 Å². The SMILES string of the molecule is CCNCc1ccc(N(C)c2ccc(CC)cc2)cc1Br. The van der Waals surface area contributed by atoms with E-state index in [0.29, 0.717) is 0 Å². The molecule has 2 aromatic rings. The molecule has 1 N–H and O–H groups in total. The van der Waals surface area contributed by atoms with E-state index in [4.69, 9.17) is 0 Å². The Hall–Kier alpha value is -1.32. The van der Waals surface area contributed by atoms with Gasteiger partial charge in [0, 0.05) is 29.4 Å². The second kappa shape index (κ2) is 7.62. The Morgan fingerprint density at radius 2 is 1.67 bits per heavy atom. The molecule has 0 aliphatic heterocycles. The van der Waals surface area contributed by atoms with Crippen LogP contribution in [-0.2, 0) is 13.0 Å². The molecule has 0 fully saturated rings. The van der Waals surface area contributed by atoms with Gasteiger partial charge in [0.05, 0.1) is 0 Å². The Balaban J connectivity index is 2.18. The van der Waals surface area contributed by atoms with Crippen molar-refractivity contribution in [1.29, 1.82) is 0 Å². The normalized spacial score (nSPS) is 10.7. The summed E-state index contributed by atoms with van der Waals surface area (Å²) in [4.78, 5) is 2.21. The van der Waals surface area contributed by atoms with Crippen molar-refractivity contribution in [2.24, 2.45) is 0 Å². The molecule has 0 aliphatic carbocycles. The molecule has 0 aliphatic rings. The Bertz CT molecular complexity index is 578. The Labute approximate surface area is 136 Å². The maximum atomic E-state index is 3.67. The van der Waals surface area contributed by atoms with Gasteiger partial charge in [0.2, 0.25) is 0 Å². The van der Waals surface area contributed by atoms with E-state index in [0.717, 1.165) is 24.0 Å². The molecular weight excluding hydrogens is 324 g/mol. The van der Waals surface area contributed by atoms with Gasteiger partial charge in [0.1, 0.15) is 0 Å². The Morgan fingerprint density at radius 3 is 2.24 bits per heavy atom. The lowest BCUT2D eigenvalue weighted by atomic mass is 10.1. The first-order valence-electron chi connectivity index (χ1n) is 7.47. The molecule has 0 saturated carbocycles. The molecule has 2 aromatic carbocycles. The molecule has 3 heteroatoms. The third kappa shape index (κ3) is 4.08. The van der Waals surface area contributed by atoms with Crippen molar-refractivity contribution in [3.05, 3.63) is 58.1 Å². The van der Waals surface area contributed by atoms with Crippen LogP contribution in [0.4, 0.5) is 11.4 Å². The van der Waals surface area contributed by atoms with Crippen LogP contribution in [0.3, 0.4) is 0 Å². The van der Waals surface area contributed by atoms with E-state index < -0.39 is 0 Å². The van der Waals surface area contributed by atoms with E-state index in [1.807, 2.05) is 0 Å². The minimum Gasteiger partial charge on any atom is -0.345 e. The van der Waals surface area contributed by atoms with E-state index in [9.17, 15) is 0 Å². The Kier molecular flexibility index (Phi) is 5.83. The Morgan fingerprint density at radius 1 is 1.00 bits per heavy atom. The zero-order valence-electron chi connectivity index (χ0n) is 13.0. The number of hydrogen-bond donors (Lipinski definition) is 1. The highest BCUT2D eigenvalue weighted by atomic mass is 79.9. The highest BCUT2D eigenvalue weighted by Gasteiger charge is 2.07. The van der Waals surface area contributed by atoms with Crippen molar-refractivity contribution in [3.8, 4) is 0 Å². The molecule has 112 valence electrons. The van der Waals surface area contributed by atoms with Gasteiger partial charge in [-0.3, -0.25) is 0 Å². The maximum absolute atomic E-state index is 3.67. The molecule has 0 heterocycles. The number of anilines is 2. The minimum atomic E-state index is 0.895. The summed E-state index contributed by atoms with van der Waals surface area (Å²) in [5.41, 5.74) is 5.05. The van der Waals surface area contributed by atoms with Crippen molar-refractivity contribution in [3.63, 3.8) is 0 Å². The van der Waals surface area contributed by atoms with E-state index in [-0.39, 0.29) is 0 Å². The van der Waals surface area contributed by atoms with Gasteiger partial charge in [0.25, 0.3) is 0 Å². The predicted octanol–water partition coefficient (Wildman–Crippen LogP) is 4.89. The second-order valence-electron chi connectivity index (χ2n) is 5.14. The lowest BCUT2D eigenvalue weighted by Crippen LogP contribution is -2.13. The third-order valence-corrected chi connectivity index (χ3v) is 4.46. The molecular formula is C18H23BrN2. The molecule has 2 rings (SSSR count). The number of aryl methyl sites for hydroxylation is 1. The van der Waals surface area contributed by atoms with Crippen LogP contribution in [0, 0.1) is 0 Å². The molecule has 0 unspecified atom stereocenters. The number of nitrogens with one attached hydrogen (secondary N) is 1. The summed E-state index contributed by atoms with van der Waals surface area (Å²) in [5, 5.41) is 3.35. The van der Waals surface area contributed by atoms with Gasteiger partial charge in [-0.1, -0.05) is 48.0 Å². The molecule has 0 saturated heterocycles. The van der Waals surface area contributed by atoms with Gasteiger partial charge in [-0.15, -0.1) is 0 Å². The van der Waals surface area contributed by atoms with Gasteiger partial charge in [-0.25, -0.2) is 0 Å². The van der Waals surface area contributed by atoms with Crippen LogP contribution in [0.1, 0.15) is 25.0 Å². The highest BCUT2D eigenvalue weighted by molar-refractivity contribution is 9.10. The fraction of sp³-hybridized carbons (Fsp3) is 0.333. The van der Waals surface area contributed by atoms with Crippen molar-refractivity contribution < 1.29 is 0 Å². The predicted molar refractivity (Wildman–Crippen MR) is 95.4 cm³/mol. The zero-order valence-corrected chi connectivity index (χ0v) is 14.6. The maximum Gasteiger partial charge on any atom is 0.0419 e. The molecule has 0 radical (unpaired) electrons. The lowest BCUT2D eigenvalue weighted by Gasteiger charge is -2.21. The largest absolute Gasteiger partial charge is 0.345 e. The smallest absolute Gasteiger partial charge is 0.0419 e. The highest BCUT2D eigenvalue weighted by Crippen LogP contribution is 2.28. The quantitative estimate of drug-likeness (QED) is 0.800.